The number of aromatic nitrogens is 2. The van der Waals surface area contributed by atoms with Crippen molar-refractivity contribution in [2.75, 3.05) is 11.3 Å². The highest BCUT2D eigenvalue weighted by Crippen LogP contribution is 2.10. The summed E-state index contributed by atoms with van der Waals surface area (Å²) in [7, 11) is -3.51. The molecule has 7 heteroatoms. The molecule has 0 saturated carbocycles. The molecular formula is C8H15N3O3S. The maximum absolute atomic E-state index is 11.5. The number of aliphatic hydroxyl groups excluding tert-OH is 1. The molecule has 0 aliphatic rings. The molecule has 0 radical (unpaired) electrons. The van der Waals surface area contributed by atoms with Gasteiger partial charge >= 0.3 is 0 Å². The van der Waals surface area contributed by atoms with E-state index in [-0.39, 0.29) is 0 Å². The maximum atomic E-state index is 11.5. The van der Waals surface area contributed by atoms with Gasteiger partial charge in [-0.1, -0.05) is 0 Å². The van der Waals surface area contributed by atoms with E-state index in [0.29, 0.717) is 12.2 Å². The molecule has 0 aliphatic carbocycles. The van der Waals surface area contributed by atoms with E-state index < -0.39 is 21.9 Å². The Morgan fingerprint density at radius 3 is 2.80 bits per heavy atom. The summed E-state index contributed by atoms with van der Waals surface area (Å²) in [5, 5.41) is 11.9. The zero-order valence-electron chi connectivity index (χ0n) is 8.71. The highest BCUT2D eigenvalue weighted by molar-refractivity contribution is 7.93. The van der Waals surface area contributed by atoms with E-state index in [0.717, 1.165) is 0 Å². The molecule has 1 aromatic rings. The topological polar surface area (TPSA) is 84.2 Å². The Morgan fingerprint density at radius 2 is 2.33 bits per heavy atom. The Bertz CT molecular complexity index is 413. The van der Waals surface area contributed by atoms with Crippen molar-refractivity contribution in [2.24, 2.45) is 0 Å². The lowest BCUT2D eigenvalue weighted by molar-refractivity contribution is 0.296. The van der Waals surface area contributed by atoms with Gasteiger partial charge in [0.1, 0.15) is 5.25 Å². The zero-order valence-corrected chi connectivity index (χ0v) is 9.53. The number of anilines is 1. The summed E-state index contributed by atoms with van der Waals surface area (Å²) in [5.41, 5.74) is 0.414. The van der Waals surface area contributed by atoms with Crippen molar-refractivity contribution in [1.29, 1.82) is 0 Å². The summed E-state index contributed by atoms with van der Waals surface area (Å²) < 4.78 is 27.0. The van der Waals surface area contributed by atoms with Crippen molar-refractivity contribution in [1.82, 2.24) is 9.78 Å². The van der Waals surface area contributed by atoms with Crippen molar-refractivity contribution in [3.05, 3.63) is 12.4 Å². The molecule has 0 aliphatic heterocycles. The number of hydrogen-bond donors (Lipinski definition) is 2. The van der Waals surface area contributed by atoms with Gasteiger partial charge in [-0.25, -0.2) is 8.42 Å². The molecule has 0 bridgehead atoms. The van der Waals surface area contributed by atoms with Crippen molar-refractivity contribution in [2.45, 2.75) is 25.6 Å². The minimum Gasteiger partial charge on any atom is -0.395 e. The maximum Gasteiger partial charge on any atom is 0.237 e. The van der Waals surface area contributed by atoms with Crippen LogP contribution in [0.15, 0.2) is 12.4 Å². The Morgan fingerprint density at radius 1 is 1.67 bits per heavy atom. The number of aliphatic hydroxyl groups is 1. The van der Waals surface area contributed by atoms with Crippen LogP contribution >= 0.6 is 0 Å². The highest BCUT2D eigenvalue weighted by Gasteiger charge is 2.19. The van der Waals surface area contributed by atoms with Crippen LogP contribution in [-0.4, -0.2) is 35.2 Å². The number of sulfonamides is 1. The monoisotopic (exact) mass is 233 g/mol. The first-order chi connectivity index (χ1) is 6.99. The minimum atomic E-state index is -3.51. The van der Waals surface area contributed by atoms with Gasteiger partial charge in [0.25, 0.3) is 0 Å². The number of nitrogens with zero attached hydrogens (tertiary/aromatic N) is 2. The Labute approximate surface area is 89.0 Å². The Hall–Kier alpha value is -1.08. The standard InChI is InChI=1S/C8H15N3O3S/c1-3-11-5-8(4-9-11)10-15(13,14)7(2)6-12/h4-5,7,10,12H,3,6H2,1-2H3. The predicted molar refractivity (Wildman–Crippen MR) is 57.0 cm³/mol. The second-order valence-electron chi connectivity index (χ2n) is 3.22. The van der Waals surface area contributed by atoms with E-state index in [2.05, 4.69) is 9.82 Å². The average Bonchev–Trinajstić information content (AvgIpc) is 2.63. The molecule has 15 heavy (non-hydrogen) atoms. The van der Waals surface area contributed by atoms with Gasteiger partial charge in [0.15, 0.2) is 0 Å². The summed E-state index contributed by atoms with van der Waals surface area (Å²) in [6, 6.07) is 0. The lowest BCUT2D eigenvalue weighted by atomic mass is 10.5. The molecule has 1 heterocycles. The fourth-order valence-corrected chi connectivity index (χ4v) is 1.78. The molecule has 86 valence electrons. The van der Waals surface area contributed by atoms with E-state index in [9.17, 15) is 8.42 Å². The molecule has 0 aromatic carbocycles. The molecule has 0 saturated heterocycles. The fraction of sp³-hybridized carbons (Fsp3) is 0.625. The normalized spacial score (nSPS) is 13.8. The number of hydrogen-bond acceptors (Lipinski definition) is 4. The Balaban J connectivity index is 2.77. The lowest BCUT2D eigenvalue weighted by Crippen LogP contribution is -2.27. The first kappa shape index (κ1) is 12.0. The van der Waals surface area contributed by atoms with Crippen LogP contribution in [0.25, 0.3) is 0 Å². The van der Waals surface area contributed by atoms with Gasteiger partial charge in [-0.3, -0.25) is 9.40 Å². The number of nitrogens with one attached hydrogen (secondary N) is 1. The van der Waals surface area contributed by atoms with Crippen LogP contribution in [0.5, 0.6) is 0 Å². The summed E-state index contributed by atoms with van der Waals surface area (Å²) in [6.45, 7) is 3.61. The van der Waals surface area contributed by atoms with E-state index in [1.807, 2.05) is 6.92 Å². The average molecular weight is 233 g/mol. The lowest BCUT2D eigenvalue weighted by Gasteiger charge is -2.10. The van der Waals surface area contributed by atoms with Crippen molar-refractivity contribution in [3.63, 3.8) is 0 Å². The van der Waals surface area contributed by atoms with Crippen LogP contribution in [0.2, 0.25) is 0 Å². The molecular weight excluding hydrogens is 218 g/mol. The quantitative estimate of drug-likeness (QED) is 0.751. The highest BCUT2D eigenvalue weighted by atomic mass is 32.2. The van der Waals surface area contributed by atoms with Crippen LogP contribution in [-0.2, 0) is 16.6 Å². The molecule has 0 amide bonds. The summed E-state index contributed by atoms with van der Waals surface area (Å²) >= 11 is 0. The molecule has 1 rings (SSSR count). The van der Waals surface area contributed by atoms with Crippen molar-refractivity contribution >= 4 is 15.7 Å². The predicted octanol–water partition coefficient (Wildman–Crippen LogP) is 0.0255. The number of aryl methyl sites for hydroxylation is 1. The summed E-state index contributed by atoms with van der Waals surface area (Å²) in [6.07, 6.45) is 3.03. The van der Waals surface area contributed by atoms with Crippen molar-refractivity contribution in [3.8, 4) is 0 Å². The second kappa shape index (κ2) is 4.63. The Kier molecular flexibility index (Phi) is 3.70. The number of rotatable bonds is 5. The smallest absolute Gasteiger partial charge is 0.237 e. The van der Waals surface area contributed by atoms with Gasteiger partial charge < -0.3 is 5.11 Å². The van der Waals surface area contributed by atoms with Gasteiger partial charge in [0, 0.05) is 12.7 Å². The third-order valence-electron chi connectivity index (χ3n) is 2.00. The van der Waals surface area contributed by atoms with E-state index in [1.165, 1.54) is 13.1 Å². The molecule has 0 spiro atoms. The molecule has 2 N–H and O–H groups in total. The first-order valence-corrected chi connectivity index (χ1v) is 6.19. The van der Waals surface area contributed by atoms with Gasteiger partial charge in [-0.15, -0.1) is 0 Å². The van der Waals surface area contributed by atoms with Crippen LogP contribution in [0.3, 0.4) is 0 Å². The summed E-state index contributed by atoms with van der Waals surface area (Å²) in [4.78, 5) is 0. The van der Waals surface area contributed by atoms with Crippen LogP contribution in [0, 0.1) is 0 Å². The van der Waals surface area contributed by atoms with E-state index >= 15 is 0 Å². The van der Waals surface area contributed by atoms with Gasteiger partial charge in [-0.2, -0.15) is 5.10 Å². The van der Waals surface area contributed by atoms with Gasteiger partial charge in [0.05, 0.1) is 18.5 Å². The summed E-state index contributed by atoms with van der Waals surface area (Å²) in [5.74, 6) is 0. The fourth-order valence-electron chi connectivity index (χ4n) is 0.952. The molecule has 1 aromatic heterocycles. The van der Waals surface area contributed by atoms with Crippen molar-refractivity contribution < 1.29 is 13.5 Å². The molecule has 0 fully saturated rings. The second-order valence-corrected chi connectivity index (χ2v) is 5.32. The largest absolute Gasteiger partial charge is 0.395 e. The van der Waals surface area contributed by atoms with Gasteiger partial charge in [0.2, 0.25) is 10.0 Å². The molecule has 6 nitrogen and oxygen atoms in total. The van der Waals surface area contributed by atoms with Crippen LogP contribution < -0.4 is 4.72 Å². The van der Waals surface area contributed by atoms with E-state index in [4.69, 9.17) is 5.11 Å². The van der Waals surface area contributed by atoms with Crippen LogP contribution in [0.4, 0.5) is 5.69 Å². The molecule has 1 unspecified atom stereocenters. The SMILES string of the molecule is CCn1cc(NS(=O)(=O)C(C)CO)cn1. The minimum absolute atomic E-state index is 0.406. The third-order valence-corrected chi connectivity index (χ3v) is 3.73. The molecule has 1 atom stereocenters. The third kappa shape index (κ3) is 2.93. The van der Waals surface area contributed by atoms with E-state index in [1.54, 1.807) is 10.9 Å². The first-order valence-electron chi connectivity index (χ1n) is 4.64. The van der Waals surface area contributed by atoms with Gasteiger partial charge in [-0.05, 0) is 13.8 Å². The zero-order chi connectivity index (χ0) is 11.5. The van der Waals surface area contributed by atoms with Crippen LogP contribution in [0.1, 0.15) is 13.8 Å².